The Morgan fingerprint density at radius 1 is 1.22 bits per heavy atom. The van der Waals surface area contributed by atoms with Crippen LogP contribution in [-0.2, 0) is 4.74 Å². The van der Waals surface area contributed by atoms with E-state index in [4.69, 9.17) is 9.84 Å². The van der Waals surface area contributed by atoms with E-state index in [2.05, 4.69) is 12.2 Å². The first kappa shape index (κ1) is 14.3. The van der Waals surface area contributed by atoms with Crippen molar-refractivity contribution in [2.75, 3.05) is 19.8 Å². The smallest absolute Gasteiger partial charge is 0.0661 e. The monoisotopic (exact) mass is 255 g/mol. The minimum absolute atomic E-state index is 0.319. The number of nitrogens with one attached hydrogen (secondary N) is 1. The van der Waals surface area contributed by atoms with Gasteiger partial charge in [0.15, 0.2) is 0 Å². The second-order valence-corrected chi connectivity index (χ2v) is 5.91. The molecular weight excluding hydrogens is 226 g/mol. The van der Waals surface area contributed by atoms with Gasteiger partial charge in [-0.15, -0.1) is 0 Å². The van der Waals surface area contributed by atoms with Crippen LogP contribution in [0.25, 0.3) is 0 Å². The van der Waals surface area contributed by atoms with Crippen LogP contribution in [0.3, 0.4) is 0 Å². The summed E-state index contributed by atoms with van der Waals surface area (Å²) in [5.74, 6) is 0. The third-order valence-electron chi connectivity index (χ3n) is 4.91. The first-order valence-electron chi connectivity index (χ1n) is 7.79. The predicted molar refractivity (Wildman–Crippen MR) is 73.7 cm³/mol. The van der Waals surface area contributed by atoms with Crippen molar-refractivity contribution in [3.63, 3.8) is 0 Å². The first-order valence-corrected chi connectivity index (χ1v) is 7.79. The van der Waals surface area contributed by atoms with Crippen molar-refractivity contribution in [3.8, 4) is 0 Å². The average Bonchev–Trinajstić information content (AvgIpc) is 2.42. The molecule has 2 saturated carbocycles. The van der Waals surface area contributed by atoms with Crippen molar-refractivity contribution in [2.24, 2.45) is 5.41 Å². The minimum Gasteiger partial charge on any atom is -0.396 e. The fourth-order valence-corrected chi connectivity index (χ4v) is 3.86. The molecule has 3 nitrogen and oxygen atoms in total. The Labute approximate surface area is 111 Å². The second kappa shape index (κ2) is 6.88. The molecule has 0 aromatic heterocycles. The van der Waals surface area contributed by atoms with Gasteiger partial charge in [-0.3, -0.25) is 0 Å². The molecule has 2 aliphatic rings. The SMILES string of the molecule is CCOC1CC(NCCCCO)C12CCCCC2. The normalized spacial score (nSPS) is 30.3. The third-order valence-corrected chi connectivity index (χ3v) is 4.91. The van der Waals surface area contributed by atoms with E-state index >= 15 is 0 Å². The van der Waals surface area contributed by atoms with Gasteiger partial charge in [-0.1, -0.05) is 19.3 Å². The molecule has 0 bridgehead atoms. The molecule has 0 aliphatic heterocycles. The lowest BCUT2D eigenvalue weighted by atomic mass is 9.55. The van der Waals surface area contributed by atoms with E-state index in [1.807, 2.05) is 0 Å². The lowest BCUT2D eigenvalue weighted by Gasteiger charge is -2.58. The molecule has 2 unspecified atom stereocenters. The van der Waals surface area contributed by atoms with Gasteiger partial charge in [-0.05, 0) is 45.6 Å². The second-order valence-electron chi connectivity index (χ2n) is 5.91. The Morgan fingerprint density at radius 2 is 2.00 bits per heavy atom. The van der Waals surface area contributed by atoms with Gasteiger partial charge in [0, 0.05) is 24.7 Å². The fraction of sp³-hybridized carbons (Fsp3) is 1.00. The highest BCUT2D eigenvalue weighted by molar-refractivity contribution is 5.08. The number of aliphatic hydroxyl groups excluding tert-OH is 1. The minimum atomic E-state index is 0.319. The highest BCUT2D eigenvalue weighted by atomic mass is 16.5. The molecule has 0 saturated heterocycles. The first-order chi connectivity index (χ1) is 8.83. The lowest BCUT2D eigenvalue weighted by molar-refractivity contribution is -0.149. The number of ether oxygens (including phenoxy) is 1. The molecule has 3 heteroatoms. The zero-order valence-electron chi connectivity index (χ0n) is 11.8. The molecule has 2 atom stereocenters. The highest BCUT2D eigenvalue weighted by Gasteiger charge is 2.55. The van der Waals surface area contributed by atoms with Crippen LogP contribution in [0.5, 0.6) is 0 Å². The highest BCUT2D eigenvalue weighted by Crippen LogP contribution is 2.53. The third kappa shape index (κ3) is 2.89. The van der Waals surface area contributed by atoms with Crippen molar-refractivity contribution in [1.82, 2.24) is 5.32 Å². The molecule has 0 aromatic rings. The number of unbranched alkanes of at least 4 members (excludes halogenated alkanes) is 1. The Kier molecular flexibility index (Phi) is 5.46. The van der Waals surface area contributed by atoms with E-state index in [0.717, 1.165) is 26.0 Å². The molecule has 2 fully saturated rings. The van der Waals surface area contributed by atoms with E-state index in [1.165, 1.54) is 38.5 Å². The van der Waals surface area contributed by atoms with Crippen LogP contribution in [0, 0.1) is 5.41 Å². The van der Waals surface area contributed by atoms with Crippen LogP contribution in [0.1, 0.15) is 58.3 Å². The maximum atomic E-state index is 8.81. The Balaban J connectivity index is 1.82. The molecule has 106 valence electrons. The summed E-state index contributed by atoms with van der Waals surface area (Å²) >= 11 is 0. The Morgan fingerprint density at radius 3 is 2.67 bits per heavy atom. The maximum absolute atomic E-state index is 8.81. The molecule has 2 rings (SSSR count). The number of hydrogen-bond acceptors (Lipinski definition) is 3. The van der Waals surface area contributed by atoms with Crippen LogP contribution >= 0.6 is 0 Å². The summed E-state index contributed by atoms with van der Waals surface area (Å²) in [6, 6.07) is 0.660. The molecule has 0 aromatic carbocycles. The summed E-state index contributed by atoms with van der Waals surface area (Å²) < 4.78 is 5.95. The van der Waals surface area contributed by atoms with Crippen LogP contribution in [-0.4, -0.2) is 37.0 Å². The van der Waals surface area contributed by atoms with Crippen LogP contribution in [0.4, 0.5) is 0 Å². The van der Waals surface area contributed by atoms with Gasteiger partial charge >= 0.3 is 0 Å². The molecule has 0 radical (unpaired) electrons. The van der Waals surface area contributed by atoms with Gasteiger partial charge < -0.3 is 15.2 Å². The van der Waals surface area contributed by atoms with Crippen molar-refractivity contribution in [1.29, 1.82) is 0 Å². The maximum Gasteiger partial charge on any atom is 0.0661 e. The molecule has 2 aliphatic carbocycles. The van der Waals surface area contributed by atoms with Crippen LogP contribution in [0.2, 0.25) is 0 Å². The summed E-state index contributed by atoms with van der Waals surface area (Å²) in [5.41, 5.74) is 0.438. The van der Waals surface area contributed by atoms with Crippen LogP contribution in [0.15, 0.2) is 0 Å². The Hall–Kier alpha value is -0.120. The number of hydrogen-bond donors (Lipinski definition) is 2. The quantitative estimate of drug-likeness (QED) is 0.687. The van der Waals surface area contributed by atoms with Gasteiger partial charge in [0.1, 0.15) is 0 Å². The molecule has 1 spiro atoms. The Bertz CT molecular complexity index is 239. The number of rotatable bonds is 7. The standard InChI is InChI=1S/C15H29NO2/c1-2-18-14-12-13(16-10-6-7-11-17)15(14)8-4-3-5-9-15/h13-14,16-17H,2-12H2,1H3. The molecular formula is C15H29NO2. The van der Waals surface area contributed by atoms with Gasteiger partial charge in [0.05, 0.1) is 6.10 Å². The molecule has 0 heterocycles. The van der Waals surface area contributed by atoms with Crippen molar-refractivity contribution in [3.05, 3.63) is 0 Å². The van der Waals surface area contributed by atoms with E-state index in [9.17, 15) is 0 Å². The topological polar surface area (TPSA) is 41.5 Å². The van der Waals surface area contributed by atoms with Gasteiger partial charge in [-0.2, -0.15) is 0 Å². The van der Waals surface area contributed by atoms with E-state index in [1.54, 1.807) is 0 Å². The van der Waals surface area contributed by atoms with Gasteiger partial charge in [-0.25, -0.2) is 0 Å². The summed E-state index contributed by atoms with van der Waals surface area (Å²) in [6.07, 6.45) is 10.5. The van der Waals surface area contributed by atoms with E-state index in [0.29, 0.717) is 24.2 Å². The average molecular weight is 255 g/mol. The molecule has 18 heavy (non-hydrogen) atoms. The van der Waals surface area contributed by atoms with Crippen molar-refractivity contribution in [2.45, 2.75) is 70.4 Å². The molecule has 2 N–H and O–H groups in total. The predicted octanol–water partition coefficient (Wildman–Crippen LogP) is 2.48. The van der Waals surface area contributed by atoms with E-state index in [-0.39, 0.29) is 0 Å². The largest absolute Gasteiger partial charge is 0.396 e. The van der Waals surface area contributed by atoms with Crippen LogP contribution < -0.4 is 5.32 Å². The summed E-state index contributed by atoms with van der Waals surface area (Å²) in [6.45, 7) is 4.33. The van der Waals surface area contributed by atoms with E-state index < -0.39 is 0 Å². The van der Waals surface area contributed by atoms with Gasteiger partial charge in [0.2, 0.25) is 0 Å². The molecule has 0 amide bonds. The summed E-state index contributed by atoms with van der Waals surface area (Å²) in [7, 11) is 0. The number of aliphatic hydroxyl groups is 1. The summed E-state index contributed by atoms with van der Waals surface area (Å²) in [5, 5.41) is 12.5. The van der Waals surface area contributed by atoms with Crippen molar-refractivity contribution >= 4 is 0 Å². The lowest BCUT2D eigenvalue weighted by Crippen LogP contribution is -2.64. The zero-order valence-corrected chi connectivity index (χ0v) is 11.8. The van der Waals surface area contributed by atoms with Crippen molar-refractivity contribution < 1.29 is 9.84 Å². The fourth-order valence-electron chi connectivity index (χ4n) is 3.86. The zero-order chi connectivity index (χ0) is 12.8. The summed E-state index contributed by atoms with van der Waals surface area (Å²) in [4.78, 5) is 0. The van der Waals surface area contributed by atoms with Gasteiger partial charge in [0.25, 0.3) is 0 Å².